The Labute approximate surface area is 74.6 Å². The van der Waals surface area contributed by atoms with Gasteiger partial charge in [-0.3, -0.25) is 4.90 Å². The van der Waals surface area contributed by atoms with Crippen molar-refractivity contribution in [2.45, 2.75) is 26.4 Å². The first-order valence-electron chi connectivity index (χ1n) is 4.54. The predicted octanol–water partition coefficient (Wildman–Crippen LogP) is 0.712. The molecule has 2 heteroatoms. The average molecular weight is 167 g/mol. The lowest BCUT2D eigenvalue weighted by Gasteiger charge is -2.32. The smallest absolute Gasteiger partial charge is 0.0601 e. The molecule has 1 fully saturated rings. The predicted molar refractivity (Wildman–Crippen MR) is 49.7 cm³/mol. The fourth-order valence-electron chi connectivity index (χ4n) is 1.55. The van der Waals surface area contributed by atoms with Gasteiger partial charge in [0.1, 0.15) is 0 Å². The van der Waals surface area contributed by atoms with Crippen molar-refractivity contribution >= 4 is 0 Å². The monoisotopic (exact) mass is 167 g/mol. The van der Waals surface area contributed by atoms with E-state index in [2.05, 4.69) is 23.7 Å². The SMILES string of the molecule is CC#CCN1CCC(O)C(C)C1. The van der Waals surface area contributed by atoms with Crippen LogP contribution in [0.1, 0.15) is 20.3 Å². The van der Waals surface area contributed by atoms with Gasteiger partial charge in [0.2, 0.25) is 0 Å². The van der Waals surface area contributed by atoms with Gasteiger partial charge in [0.05, 0.1) is 12.6 Å². The number of likely N-dealkylation sites (tertiary alicyclic amines) is 1. The molecule has 0 spiro atoms. The Bertz CT molecular complexity index is 192. The molecule has 0 bridgehead atoms. The zero-order valence-corrected chi connectivity index (χ0v) is 7.88. The molecule has 2 unspecified atom stereocenters. The lowest BCUT2D eigenvalue weighted by Crippen LogP contribution is -2.41. The van der Waals surface area contributed by atoms with Gasteiger partial charge < -0.3 is 5.11 Å². The van der Waals surface area contributed by atoms with Crippen molar-refractivity contribution in [2.24, 2.45) is 5.92 Å². The van der Waals surface area contributed by atoms with Gasteiger partial charge in [0, 0.05) is 13.1 Å². The maximum absolute atomic E-state index is 9.46. The third-order valence-electron chi connectivity index (χ3n) is 2.42. The highest BCUT2D eigenvalue weighted by Crippen LogP contribution is 2.15. The summed E-state index contributed by atoms with van der Waals surface area (Å²) in [7, 11) is 0. The van der Waals surface area contributed by atoms with E-state index in [0.717, 1.165) is 26.1 Å². The first-order chi connectivity index (χ1) is 5.74. The van der Waals surface area contributed by atoms with Crippen molar-refractivity contribution in [3.63, 3.8) is 0 Å². The van der Waals surface area contributed by atoms with Gasteiger partial charge in [-0.2, -0.15) is 0 Å². The summed E-state index contributed by atoms with van der Waals surface area (Å²) in [6, 6.07) is 0. The summed E-state index contributed by atoms with van der Waals surface area (Å²) >= 11 is 0. The highest BCUT2D eigenvalue weighted by molar-refractivity contribution is 4.98. The second-order valence-corrected chi connectivity index (χ2v) is 3.50. The molecule has 2 nitrogen and oxygen atoms in total. The molecule has 0 radical (unpaired) electrons. The molecule has 1 saturated heterocycles. The van der Waals surface area contributed by atoms with Gasteiger partial charge in [-0.25, -0.2) is 0 Å². The molecule has 0 aromatic heterocycles. The molecule has 0 aromatic carbocycles. The molecule has 12 heavy (non-hydrogen) atoms. The molecule has 0 aliphatic carbocycles. The summed E-state index contributed by atoms with van der Waals surface area (Å²) in [5.41, 5.74) is 0. The topological polar surface area (TPSA) is 23.5 Å². The molecule has 0 amide bonds. The number of hydrogen-bond acceptors (Lipinski definition) is 2. The lowest BCUT2D eigenvalue weighted by atomic mass is 9.97. The van der Waals surface area contributed by atoms with Crippen LogP contribution in [0.4, 0.5) is 0 Å². The number of hydrogen-bond donors (Lipinski definition) is 1. The van der Waals surface area contributed by atoms with Crippen molar-refractivity contribution in [2.75, 3.05) is 19.6 Å². The zero-order valence-electron chi connectivity index (χ0n) is 7.88. The van der Waals surface area contributed by atoms with E-state index in [4.69, 9.17) is 0 Å². The first kappa shape index (κ1) is 9.57. The Hall–Kier alpha value is -0.520. The van der Waals surface area contributed by atoms with E-state index < -0.39 is 0 Å². The third-order valence-corrected chi connectivity index (χ3v) is 2.42. The fraction of sp³-hybridized carbons (Fsp3) is 0.800. The van der Waals surface area contributed by atoms with E-state index in [1.807, 2.05) is 6.92 Å². The molecular weight excluding hydrogens is 150 g/mol. The van der Waals surface area contributed by atoms with E-state index in [1.54, 1.807) is 0 Å². The Morgan fingerprint density at radius 3 is 2.92 bits per heavy atom. The van der Waals surface area contributed by atoms with Crippen LogP contribution in [0.3, 0.4) is 0 Å². The first-order valence-corrected chi connectivity index (χ1v) is 4.54. The average Bonchev–Trinajstić information content (AvgIpc) is 2.07. The van der Waals surface area contributed by atoms with Crippen LogP contribution in [0.5, 0.6) is 0 Å². The summed E-state index contributed by atoms with van der Waals surface area (Å²) in [5.74, 6) is 6.33. The number of rotatable bonds is 1. The largest absolute Gasteiger partial charge is 0.393 e. The standard InChI is InChI=1S/C10H17NO/c1-3-4-6-11-7-5-10(12)9(2)8-11/h9-10,12H,5-8H2,1-2H3. The minimum Gasteiger partial charge on any atom is -0.393 e. The molecule has 1 heterocycles. The summed E-state index contributed by atoms with van der Waals surface area (Å²) in [6.45, 7) is 6.78. The Kier molecular flexibility index (Phi) is 3.58. The van der Waals surface area contributed by atoms with Crippen LogP contribution in [0.15, 0.2) is 0 Å². The van der Waals surface area contributed by atoms with E-state index in [-0.39, 0.29) is 6.10 Å². The Balaban J connectivity index is 2.33. The number of aliphatic hydroxyl groups excluding tert-OH is 1. The van der Waals surface area contributed by atoms with Crippen LogP contribution in [0.2, 0.25) is 0 Å². The van der Waals surface area contributed by atoms with Gasteiger partial charge in [0.15, 0.2) is 0 Å². The summed E-state index contributed by atoms with van der Waals surface area (Å²) in [4.78, 5) is 2.30. The molecule has 1 N–H and O–H groups in total. The molecule has 2 atom stereocenters. The van der Waals surface area contributed by atoms with Crippen LogP contribution in [0, 0.1) is 17.8 Å². The van der Waals surface area contributed by atoms with Crippen molar-refractivity contribution < 1.29 is 5.11 Å². The number of piperidine rings is 1. The quantitative estimate of drug-likeness (QED) is 0.581. The van der Waals surface area contributed by atoms with Crippen molar-refractivity contribution in [3.05, 3.63) is 0 Å². The van der Waals surface area contributed by atoms with Crippen molar-refractivity contribution in [3.8, 4) is 11.8 Å². The van der Waals surface area contributed by atoms with E-state index >= 15 is 0 Å². The highest BCUT2D eigenvalue weighted by atomic mass is 16.3. The number of nitrogens with zero attached hydrogens (tertiary/aromatic N) is 1. The van der Waals surface area contributed by atoms with Gasteiger partial charge >= 0.3 is 0 Å². The Morgan fingerprint density at radius 2 is 2.33 bits per heavy atom. The van der Waals surface area contributed by atoms with Crippen LogP contribution in [0.25, 0.3) is 0 Å². The fourth-order valence-corrected chi connectivity index (χ4v) is 1.55. The van der Waals surface area contributed by atoms with Gasteiger partial charge in [-0.05, 0) is 19.3 Å². The van der Waals surface area contributed by atoms with Crippen LogP contribution in [-0.4, -0.2) is 35.7 Å². The molecule has 1 aliphatic rings. The maximum Gasteiger partial charge on any atom is 0.0601 e. The van der Waals surface area contributed by atoms with E-state index in [1.165, 1.54) is 0 Å². The van der Waals surface area contributed by atoms with Crippen LogP contribution < -0.4 is 0 Å². The van der Waals surface area contributed by atoms with E-state index in [0.29, 0.717) is 5.92 Å². The summed E-state index contributed by atoms with van der Waals surface area (Å²) in [6.07, 6.45) is 0.794. The van der Waals surface area contributed by atoms with Crippen LogP contribution in [-0.2, 0) is 0 Å². The van der Waals surface area contributed by atoms with Crippen molar-refractivity contribution in [1.82, 2.24) is 4.90 Å². The molecule has 0 aromatic rings. The molecular formula is C10H17NO. The summed E-state index contributed by atoms with van der Waals surface area (Å²) in [5, 5.41) is 9.46. The van der Waals surface area contributed by atoms with Gasteiger partial charge in [-0.15, -0.1) is 5.92 Å². The van der Waals surface area contributed by atoms with Gasteiger partial charge in [-0.1, -0.05) is 12.8 Å². The molecule has 1 rings (SSSR count). The minimum absolute atomic E-state index is 0.101. The lowest BCUT2D eigenvalue weighted by molar-refractivity contribution is 0.0404. The maximum atomic E-state index is 9.46. The molecule has 0 saturated carbocycles. The second kappa shape index (κ2) is 4.49. The van der Waals surface area contributed by atoms with Gasteiger partial charge in [0.25, 0.3) is 0 Å². The minimum atomic E-state index is -0.101. The number of aliphatic hydroxyl groups is 1. The van der Waals surface area contributed by atoms with E-state index in [9.17, 15) is 5.11 Å². The third kappa shape index (κ3) is 2.51. The normalized spacial score (nSPS) is 30.9. The Morgan fingerprint density at radius 1 is 1.58 bits per heavy atom. The molecule has 1 aliphatic heterocycles. The molecule has 68 valence electrons. The summed E-state index contributed by atoms with van der Waals surface area (Å²) < 4.78 is 0. The van der Waals surface area contributed by atoms with Crippen molar-refractivity contribution in [1.29, 1.82) is 0 Å². The second-order valence-electron chi connectivity index (χ2n) is 3.50. The van der Waals surface area contributed by atoms with Crippen LogP contribution >= 0.6 is 0 Å². The zero-order chi connectivity index (χ0) is 8.97. The highest BCUT2D eigenvalue weighted by Gasteiger charge is 2.22.